The van der Waals surface area contributed by atoms with Gasteiger partial charge < -0.3 is 5.73 Å². The standard InChI is InChI=1S/C10H14BrNS/c1-2-13-9-4-3-8(5-6-12)10(11)7-9/h3-4,7H,2,5-6,12H2,1H3. The molecule has 0 spiro atoms. The molecule has 0 aliphatic heterocycles. The molecule has 1 aromatic rings. The molecule has 0 aliphatic rings. The summed E-state index contributed by atoms with van der Waals surface area (Å²) in [6, 6.07) is 6.47. The lowest BCUT2D eigenvalue weighted by atomic mass is 10.1. The zero-order valence-electron chi connectivity index (χ0n) is 7.72. The van der Waals surface area contributed by atoms with Crippen molar-refractivity contribution in [1.29, 1.82) is 0 Å². The van der Waals surface area contributed by atoms with Crippen molar-refractivity contribution in [3.8, 4) is 0 Å². The largest absolute Gasteiger partial charge is 0.330 e. The van der Waals surface area contributed by atoms with Crippen LogP contribution in [0, 0.1) is 0 Å². The topological polar surface area (TPSA) is 26.0 Å². The average molecular weight is 260 g/mol. The van der Waals surface area contributed by atoms with Crippen LogP contribution in [0.3, 0.4) is 0 Å². The lowest BCUT2D eigenvalue weighted by Crippen LogP contribution is -2.03. The molecule has 0 bridgehead atoms. The van der Waals surface area contributed by atoms with Crippen LogP contribution in [0.1, 0.15) is 12.5 Å². The highest BCUT2D eigenvalue weighted by molar-refractivity contribution is 9.10. The fourth-order valence-corrected chi connectivity index (χ4v) is 2.57. The quantitative estimate of drug-likeness (QED) is 0.842. The van der Waals surface area contributed by atoms with Crippen LogP contribution in [0.15, 0.2) is 27.6 Å². The molecule has 0 atom stereocenters. The molecule has 13 heavy (non-hydrogen) atoms. The minimum atomic E-state index is 0.707. The average Bonchev–Trinajstić information content (AvgIpc) is 2.10. The highest BCUT2D eigenvalue weighted by Gasteiger charge is 2.00. The van der Waals surface area contributed by atoms with E-state index >= 15 is 0 Å². The second kappa shape index (κ2) is 5.68. The Bertz CT molecular complexity index is 276. The van der Waals surface area contributed by atoms with Gasteiger partial charge in [0.25, 0.3) is 0 Å². The first-order valence-electron chi connectivity index (χ1n) is 4.39. The molecule has 1 rings (SSSR count). The van der Waals surface area contributed by atoms with Gasteiger partial charge in [0, 0.05) is 9.37 Å². The van der Waals surface area contributed by atoms with Gasteiger partial charge in [0.15, 0.2) is 0 Å². The highest BCUT2D eigenvalue weighted by Crippen LogP contribution is 2.25. The van der Waals surface area contributed by atoms with E-state index in [9.17, 15) is 0 Å². The van der Waals surface area contributed by atoms with Crippen molar-refractivity contribution in [3.63, 3.8) is 0 Å². The predicted octanol–water partition coefficient (Wildman–Crippen LogP) is 3.06. The van der Waals surface area contributed by atoms with Gasteiger partial charge in [-0.05, 0) is 36.4 Å². The fraction of sp³-hybridized carbons (Fsp3) is 0.400. The summed E-state index contributed by atoms with van der Waals surface area (Å²) in [5.74, 6) is 1.11. The van der Waals surface area contributed by atoms with Crippen LogP contribution in [0.4, 0.5) is 0 Å². The van der Waals surface area contributed by atoms with Crippen molar-refractivity contribution in [2.24, 2.45) is 5.73 Å². The first-order chi connectivity index (χ1) is 6.27. The van der Waals surface area contributed by atoms with E-state index in [-0.39, 0.29) is 0 Å². The van der Waals surface area contributed by atoms with Gasteiger partial charge >= 0.3 is 0 Å². The maximum atomic E-state index is 5.50. The molecule has 1 nitrogen and oxygen atoms in total. The summed E-state index contributed by atoms with van der Waals surface area (Å²) in [6.07, 6.45) is 0.942. The second-order valence-corrected chi connectivity index (χ2v) is 4.92. The van der Waals surface area contributed by atoms with Crippen molar-refractivity contribution < 1.29 is 0 Å². The summed E-state index contributed by atoms with van der Waals surface area (Å²) < 4.78 is 1.18. The Hall–Kier alpha value is 0.01000. The molecule has 0 heterocycles. The van der Waals surface area contributed by atoms with Crippen molar-refractivity contribution >= 4 is 27.7 Å². The minimum absolute atomic E-state index is 0.707. The van der Waals surface area contributed by atoms with Gasteiger partial charge in [0.2, 0.25) is 0 Å². The van der Waals surface area contributed by atoms with E-state index in [1.807, 2.05) is 11.8 Å². The van der Waals surface area contributed by atoms with Gasteiger partial charge in [-0.25, -0.2) is 0 Å². The van der Waals surface area contributed by atoms with Crippen LogP contribution in [-0.4, -0.2) is 12.3 Å². The van der Waals surface area contributed by atoms with Crippen molar-refractivity contribution in [2.45, 2.75) is 18.2 Å². The van der Waals surface area contributed by atoms with Crippen LogP contribution in [0.5, 0.6) is 0 Å². The molecule has 0 unspecified atom stereocenters. The van der Waals surface area contributed by atoms with Gasteiger partial charge in [0.1, 0.15) is 0 Å². The third kappa shape index (κ3) is 3.33. The fourth-order valence-electron chi connectivity index (χ4n) is 1.14. The summed E-state index contributed by atoms with van der Waals surface area (Å²) >= 11 is 5.40. The Labute approximate surface area is 92.2 Å². The molecule has 0 aliphatic carbocycles. The van der Waals surface area contributed by atoms with Crippen molar-refractivity contribution in [2.75, 3.05) is 12.3 Å². The highest BCUT2D eigenvalue weighted by atomic mass is 79.9. The van der Waals surface area contributed by atoms with Crippen LogP contribution >= 0.6 is 27.7 Å². The zero-order valence-corrected chi connectivity index (χ0v) is 10.1. The van der Waals surface area contributed by atoms with E-state index in [0.717, 1.165) is 12.2 Å². The summed E-state index contributed by atoms with van der Waals surface area (Å²) in [7, 11) is 0. The Morgan fingerprint density at radius 2 is 2.23 bits per heavy atom. The number of hydrogen-bond donors (Lipinski definition) is 1. The third-order valence-electron chi connectivity index (χ3n) is 1.75. The molecular weight excluding hydrogens is 246 g/mol. The van der Waals surface area contributed by atoms with Gasteiger partial charge in [-0.2, -0.15) is 0 Å². The molecule has 72 valence electrons. The first kappa shape index (κ1) is 11.1. The summed E-state index contributed by atoms with van der Waals surface area (Å²) in [6.45, 7) is 2.87. The smallest absolute Gasteiger partial charge is 0.0218 e. The van der Waals surface area contributed by atoms with Crippen LogP contribution < -0.4 is 5.73 Å². The molecule has 0 aromatic heterocycles. The molecule has 0 radical (unpaired) electrons. The van der Waals surface area contributed by atoms with Crippen LogP contribution in [0.25, 0.3) is 0 Å². The van der Waals surface area contributed by atoms with E-state index in [2.05, 4.69) is 41.1 Å². The van der Waals surface area contributed by atoms with Gasteiger partial charge in [-0.1, -0.05) is 28.9 Å². The van der Waals surface area contributed by atoms with Crippen molar-refractivity contribution in [3.05, 3.63) is 28.2 Å². The maximum absolute atomic E-state index is 5.50. The second-order valence-electron chi connectivity index (χ2n) is 2.72. The van der Waals surface area contributed by atoms with E-state index in [4.69, 9.17) is 5.73 Å². The third-order valence-corrected chi connectivity index (χ3v) is 3.36. The first-order valence-corrected chi connectivity index (χ1v) is 6.17. The SMILES string of the molecule is CCSc1ccc(CCN)c(Br)c1. The van der Waals surface area contributed by atoms with Gasteiger partial charge in [-0.15, -0.1) is 11.8 Å². The molecule has 0 fully saturated rings. The molecule has 1 aromatic carbocycles. The molecule has 0 saturated carbocycles. The number of hydrogen-bond acceptors (Lipinski definition) is 2. The summed E-state index contributed by atoms with van der Waals surface area (Å²) in [5, 5.41) is 0. The van der Waals surface area contributed by atoms with E-state index in [1.54, 1.807) is 0 Å². The minimum Gasteiger partial charge on any atom is -0.330 e. The molecule has 3 heteroatoms. The maximum Gasteiger partial charge on any atom is 0.0218 e. The Morgan fingerprint density at radius 1 is 1.46 bits per heavy atom. The normalized spacial score (nSPS) is 10.4. The Kier molecular flexibility index (Phi) is 4.84. The number of benzene rings is 1. The predicted molar refractivity (Wildman–Crippen MR) is 63.3 cm³/mol. The monoisotopic (exact) mass is 259 g/mol. The van der Waals surface area contributed by atoms with Gasteiger partial charge in [0.05, 0.1) is 0 Å². The summed E-state index contributed by atoms with van der Waals surface area (Å²) in [4.78, 5) is 1.31. The number of thioether (sulfide) groups is 1. The Morgan fingerprint density at radius 3 is 2.77 bits per heavy atom. The number of nitrogens with two attached hydrogens (primary N) is 1. The summed E-state index contributed by atoms with van der Waals surface area (Å²) in [5.41, 5.74) is 6.79. The number of rotatable bonds is 4. The van der Waals surface area contributed by atoms with E-state index < -0.39 is 0 Å². The van der Waals surface area contributed by atoms with E-state index in [1.165, 1.54) is 14.9 Å². The van der Waals surface area contributed by atoms with E-state index in [0.29, 0.717) is 6.54 Å². The molecule has 2 N–H and O–H groups in total. The lowest BCUT2D eigenvalue weighted by molar-refractivity contribution is 0.960. The Balaban J connectivity index is 2.79. The molecular formula is C10H14BrNS. The van der Waals surface area contributed by atoms with Crippen molar-refractivity contribution in [1.82, 2.24) is 0 Å². The van der Waals surface area contributed by atoms with Crippen LogP contribution in [0.2, 0.25) is 0 Å². The lowest BCUT2D eigenvalue weighted by Gasteiger charge is -2.05. The molecule has 0 saturated heterocycles. The van der Waals surface area contributed by atoms with Crippen LogP contribution in [-0.2, 0) is 6.42 Å². The number of halogens is 1. The molecule has 0 amide bonds. The zero-order chi connectivity index (χ0) is 9.68. The van der Waals surface area contributed by atoms with Gasteiger partial charge in [-0.3, -0.25) is 0 Å².